The monoisotopic (exact) mass is 241 g/mol. The molecule has 0 aliphatic heterocycles. The molecule has 0 fully saturated rings. The van der Waals surface area contributed by atoms with E-state index in [1.165, 1.54) is 6.92 Å². The number of hydrogen-bond donors (Lipinski definition) is 1. The maximum Gasteiger partial charge on any atom is 0.217 e. The van der Waals surface area contributed by atoms with Crippen LogP contribution in [-0.2, 0) is 4.79 Å². The molecule has 0 atom stereocenters. The molecule has 1 N–H and O–H groups in total. The van der Waals surface area contributed by atoms with E-state index >= 15 is 0 Å². The van der Waals surface area contributed by atoms with E-state index in [-0.39, 0.29) is 5.91 Å². The molecular weight excluding hydrogens is 233 g/mol. The number of halogens is 2. The van der Waals surface area contributed by atoms with Crippen molar-refractivity contribution in [3.8, 4) is 11.8 Å². The van der Waals surface area contributed by atoms with Crippen LogP contribution in [0.5, 0.6) is 0 Å². The first kappa shape index (κ1) is 11.9. The van der Waals surface area contributed by atoms with Gasteiger partial charge in [-0.2, -0.15) is 0 Å². The first-order valence-corrected chi connectivity index (χ1v) is 5.04. The zero-order chi connectivity index (χ0) is 11.3. The third-order valence-electron chi connectivity index (χ3n) is 1.60. The lowest BCUT2D eigenvalue weighted by atomic mass is 10.2. The van der Waals surface area contributed by atoms with E-state index in [1.807, 2.05) is 0 Å². The Morgan fingerprint density at radius 1 is 1.47 bits per heavy atom. The van der Waals surface area contributed by atoms with Crippen LogP contribution in [0.4, 0.5) is 0 Å². The van der Waals surface area contributed by atoms with E-state index in [9.17, 15) is 4.79 Å². The van der Waals surface area contributed by atoms with Crippen LogP contribution in [0.1, 0.15) is 12.5 Å². The molecule has 15 heavy (non-hydrogen) atoms. The molecule has 1 rings (SSSR count). The lowest BCUT2D eigenvalue weighted by molar-refractivity contribution is -0.118. The van der Waals surface area contributed by atoms with Gasteiger partial charge in [-0.25, -0.2) is 0 Å². The molecule has 0 saturated carbocycles. The summed E-state index contributed by atoms with van der Waals surface area (Å²) in [7, 11) is 0. The summed E-state index contributed by atoms with van der Waals surface area (Å²) in [5, 5.41) is 3.48. The summed E-state index contributed by atoms with van der Waals surface area (Å²) >= 11 is 11.7. The number of benzene rings is 1. The first-order chi connectivity index (χ1) is 7.11. The molecule has 0 aliphatic rings. The highest BCUT2D eigenvalue weighted by molar-refractivity contribution is 6.42. The van der Waals surface area contributed by atoms with Crippen LogP contribution in [-0.4, -0.2) is 12.5 Å². The number of amides is 1. The average molecular weight is 242 g/mol. The predicted molar refractivity (Wildman–Crippen MR) is 62.0 cm³/mol. The Morgan fingerprint density at radius 3 is 2.87 bits per heavy atom. The minimum atomic E-state index is -0.110. The topological polar surface area (TPSA) is 29.1 Å². The number of rotatable bonds is 1. The molecule has 0 spiro atoms. The fourth-order valence-electron chi connectivity index (χ4n) is 0.908. The van der Waals surface area contributed by atoms with Crippen LogP contribution in [0.15, 0.2) is 18.2 Å². The second-order valence-electron chi connectivity index (χ2n) is 2.81. The van der Waals surface area contributed by atoms with Gasteiger partial charge in [0.05, 0.1) is 16.6 Å². The van der Waals surface area contributed by atoms with E-state index in [4.69, 9.17) is 23.2 Å². The first-order valence-electron chi connectivity index (χ1n) is 4.28. The molecule has 1 aromatic rings. The van der Waals surface area contributed by atoms with Gasteiger partial charge in [-0.05, 0) is 12.1 Å². The Bertz CT molecular complexity index is 432. The van der Waals surface area contributed by atoms with Gasteiger partial charge in [0.15, 0.2) is 0 Å². The van der Waals surface area contributed by atoms with Crippen molar-refractivity contribution in [3.05, 3.63) is 33.8 Å². The number of hydrogen-bond acceptors (Lipinski definition) is 1. The van der Waals surface area contributed by atoms with Crippen molar-refractivity contribution < 1.29 is 4.79 Å². The number of carbonyl (C=O) groups excluding carboxylic acids is 1. The van der Waals surface area contributed by atoms with Gasteiger partial charge in [0.2, 0.25) is 5.91 Å². The second-order valence-corrected chi connectivity index (χ2v) is 3.60. The molecule has 2 nitrogen and oxygen atoms in total. The van der Waals surface area contributed by atoms with Gasteiger partial charge < -0.3 is 5.32 Å². The quantitative estimate of drug-likeness (QED) is 0.753. The molecule has 0 bridgehead atoms. The van der Waals surface area contributed by atoms with Crippen molar-refractivity contribution in [1.29, 1.82) is 0 Å². The lowest BCUT2D eigenvalue weighted by Gasteiger charge is -1.97. The summed E-state index contributed by atoms with van der Waals surface area (Å²) in [4.78, 5) is 10.6. The van der Waals surface area contributed by atoms with Gasteiger partial charge in [0, 0.05) is 12.5 Å². The number of nitrogens with one attached hydrogen (secondary N) is 1. The van der Waals surface area contributed by atoms with Crippen molar-refractivity contribution >= 4 is 29.1 Å². The van der Waals surface area contributed by atoms with Crippen LogP contribution >= 0.6 is 23.2 Å². The molecule has 0 heterocycles. The summed E-state index contributed by atoms with van der Waals surface area (Å²) in [5.41, 5.74) is 0.662. The van der Waals surface area contributed by atoms with Crippen molar-refractivity contribution in [2.75, 3.05) is 6.54 Å². The van der Waals surface area contributed by atoms with Crippen molar-refractivity contribution in [2.45, 2.75) is 6.92 Å². The smallest absolute Gasteiger partial charge is 0.217 e. The molecule has 4 heteroatoms. The fourth-order valence-corrected chi connectivity index (χ4v) is 1.26. The van der Waals surface area contributed by atoms with Crippen molar-refractivity contribution in [2.24, 2.45) is 0 Å². The molecule has 0 radical (unpaired) electrons. The highest BCUT2D eigenvalue weighted by Gasteiger charge is 2.00. The molecule has 0 saturated heterocycles. The highest BCUT2D eigenvalue weighted by Crippen LogP contribution is 2.24. The zero-order valence-electron chi connectivity index (χ0n) is 8.10. The van der Waals surface area contributed by atoms with Gasteiger partial charge in [-0.3, -0.25) is 4.79 Å². The van der Waals surface area contributed by atoms with Gasteiger partial charge in [0.1, 0.15) is 0 Å². The molecular formula is C11H9Cl2NO. The normalized spacial score (nSPS) is 9.00. The van der Waals surface area contributed by atoms with Gasteiger partial charge in [-0.15, -0.1) is 0 Å². The summed E-state index contributed by atoms with van der Waals surface area (Å²) in [6.07, 6.45) is 0. The highest BCUT2D eigenvalue weighted by atomic mass is 35.5. The van der Waals surface area contributed by atoms with Crippen LogP contribution in [0.3, 0.4) is 0 Å². The zero-order valence-corrected chi connectivity index (χ0v) is 9.62. The van der Waals surface area contributed by atoms with Gasteiger partial charge in [0.25, 0.3) is 0 Å². The summed E-state index contributed by atoms with van der Waals surface area (Å²) in [5.74, 6) is 5.49. The average Bonchev–Trinajstić information content (AvgIpc) is 2.18. The minimum absolute atomic E-state index is 0.110. The Hall–Kier alpha value is -1.17. The summed E-state index contributed by atoms with van der Waals surface area (Å²) in [6, 6.07) is 5.24. The lowest BCUT2D eigenvalue weighted by Crippen LogP contribution is -2.19. The molecule has 0 aromatic heterocycles. The standard InChI is InChI=1S/C11H9Cl2NO/c1-8(15)14-7-3-5-9-4-2-6-10(12)11(9)13/h2,4,6H,7H2,1H3,(H,14,15). The second kappa shape index (κ2) is 5.65. The Morgan fingerprint density at radius 2 is 2.20 bits per heavy atom. The maximum atomic E-state index is 10.6. The van der Waals surface area contributed by atoms with Gasteiger partial charge in [-0.1, -0.05) is 41.1 Å². The van der Waals surface area contributed by atoms with E-state index in [2.05, 4.69) is 17.2 Å². The summed E-state index contributed by atoms with van der Waals surface area (Å²) < 4.78 is 0. The van der Waals surface area contributed by atoms with E-state index in [0.29, 0.717) is 22.2 Å². The largest absolute Gasteiger partial charge is 0.345 e. The molecule has 0 unspecified atom stereocenters. The third-order valence-corrected chi connectivity index (χ3v) is 2.42. The number of carbonyl (C=O) groups is 1. The third kappa shape index (κ3) is 3.83. The van der Waals surface area contributed by atoms with Crippen molar-refractivity contribution in [3.63, 3.8) is 0 Å². The molecule has 0 aliphatic carbocycles. The molecule has 1 amide bonds. The fraction of sp³-hybridized carbons (Fsp3) is 0.182. The van der Waals surface area contributed by atoms with E-state index < -0.39 is 0 Å². The van der Waals surface area contributed by atoms with Crippen LogP contribution < -0.4 is 5.32 Å². The van der Waals surface area contributed by atoms with E-state index in [1.54, 1.807) is 18.2 Å². The minimum Gasteiger partial charge on any atom is -0.345 e. The van der Waals surface area contributed by atoms with Crippen LogP contribution in [0, 0.1) is 11.8 Å². The SMILES string of the molecule is CC(=O)NCC#Cc1cccc(Cl)c1Cl. The molecule has 1 aromatic carbocycles. The Balaban J connectivity index is 2.72. The van der Waals surface area contributed by atoms with Crippen LogP contribution in [0.2, 0.25) is 10.0 Å². The Kier molecular flexibility index (Phi) is 4.48. The summed E-state index contributed by atoms with van der Waals surface area (Å²) in [6.45, 7) is 1.74. The Labute approximate surface area is 98.6 Å². The maximum absolute atomic E-state index is 10.6. The van der Waals surface area contributed by atoms with Crippen LogP contribution in [0.25, 0.3) is 0 Å². The van der Waals surface area contributed by atoms with Gasteiger partial charge >= 0.3 is 0 Å². The predicted octanol–water partition coefficient (Wildman–Crippen LogP) is 2.48. The van der Waals surface area contributed by atoms with E-state index in [0.717, 1.165) is 0 Å². The molecule has 78 valence electrons. The van der Waals surface area contributed by atoms with Crippen molar-refractivity contribution in [1.82, 2.24) is 5.32 Å².